The van der Waals surface area contributed by atoms with Crippen LogP contribution < -0.4 is 5.73 Å². The summed E-state index contributed by atoms with van der Waals surface area (Å²) in [5.41, 5.74) is 7.99. The summed E-state index contributed by atoms with van der Waals surface area (Å²) in [5.74, 6) is 1.91. The molecule has 0 amide bonds. The molecule has 2 N–H and O–H groups in total. The topological polar surface area (TPSA) is 56.7 Å². The first-order chi connectivity index (χ1) is 8.80. The molecular weight excluding hydrogens is 224 g/mol. The van der Waals surface area contributed by atoms with Crippen LogP contribution in [0, 0.1) is 0 Å². The average molecular weight is 244 g/mol. The molecule has 0 aliphatic heterocycles. The Labute approximate surface area is 108 Å². The molecule has 96 valence electrons. The summed E-state index contributed by atoms with van der Waals surface area (Å²) >= 11 is 0. The zero-order valence-electron chi connectivity index (χ0n) is 11.1. The number of hydrogen-bond acceptors (Lipinski definition) is 3. The minimum atomic E-state index is 0.647. The summed E-state index contributed by atoms with van der Waals surface area (Å²) in [5, 5.41) is 4.58. The quantitative estimate of drug-likeness (QED) is 0.874. The fourth-order valence-electron chi connectivity index (χ4n) is 2.05. The lowest BCUT2D eigenvalue weighted by Crippen LogP contribution is -2.09. The first-order valence-electron chi connectivity index (χ1n) is 6.53. The van der Waals surface area contributed by atoms with E-state index in [2.05, 4.69) is 36.1 Å². The van der Waals surface area contributed by atoms with Gasteiger partial charge in [-0.15, -0.1) is 0 Å². The molecule has 0 radical (unpaired) electrons. The van der Waals surface area contributed by atoms with Crippen LogP contribution in [0.4, 0.5) is 0 Å². The Morgan fingerprint density at radius 3 is 2.61 bits per heavy atom. The Balaban J connectivity index is 2.50. The van der Waals surface area contributed by atoms with Crippen LogP contribution in [0.1, 0.15) is 31.1 Å². The standard InChI is InChI=1S/C14H20N4/c1-3-13-16-14(4-2)18(17-13)12-8-6-5-7-11(12)9-10-15/h5-8H,3-4,9-10,15H2,1-2H3. The largest absolute Gasteiger partial charge is 0.330 e. The van der Waals surface area contributed by atoms with E-state index in [1.165, 1.54) is 5.56 Å². The molecule has 1 aromatic carbocycles. The maximum absolute atomic E-state index is 5.66. The fraction of sp³-hybridized carbons (Fsp3) is 0.429. The lowest BCUT2D eigenvalue weighted by atomic mass is 10.1. The van der Waals surface area contributed by atoms with E-state index in [4.69, 9.17) is 5.73 Å². The van der Waals surface area contributed by atoms with Gasteiger partial charge in [-0.25, -0.2) is 9.67 Å². The number of hydrogen-bond donors (Lipinski definition) is 1. The van der Waals surface area contributed by atoms with Gasteiger partial charge in [0.1, 0.15) is 5.82 Å². The van der Waals surface area contributed by atoms with Crippen LogP contribution in [-0.2, 0) is 19.3 Å². The molecule has 0 aliphatic rings. The van der Waals surface area contributed by atoms with Gasteiger partial charge in [-0.2, -0.15) is 5.10 Å². The van der Waals surface area contributed by atoms with E-state index in [1.807, 2.05) is 16.8 Å². The Kier molecular flexibility index (Phi) is 4.10. The average Bonchev–Trinajstić information content (AvgIpc) is 2.83. The van der Waals surface area contributed by atoms with Crippen LogP contribution >= 0.6 is 0 Å². The van der Waals surface area contributed by atoms with Crippen LogP contribution in [0.5, 0.6) is 0 Å². The Morgan fingerprint density at radius 1 is 1.17 bits per heavy atom. The number of aryl methyl sites for hydroxylation is 2. The summed E-state index contributed by atoms with van der Waals surface area (Å²) in [4.78, 5) is 4.55. The first-order valence-corrected chi connectivity index (χ1v) is 6.53. The van der Waals surface area contributed by atoms with Gasteiger partial charge in [0.05, 0.1) is 5.69 Å². The molecule has 0 bridgehead atoms. The van der Waals surface area contributed by atoms with Gasteiger partial charge in [-0.1, -0.05) is 32.0 Å². The van der Waals surface area contributed by atoms with Crippen LogP contribution in [0.25, 0.3) is 5.69 Å². The summed E-state index contributed by atoms with van der Waals surface area (Å²) in [7, 11) is 0. The lowest BCUT2D eigenvalue weighted by molar-refractivity contribution is 0.777. The Morgan fingerprint density at radius 2 is 1.94 bits per heavy atom. The molecular formula is C14H20N4. The second kappa shape index (κ2) is 5.78. The third-order valence-electron chi connectivity index (χ3n) is 2.98. The van der Waals surface area contributed by atoms with E-state index in [0.717, 1.165) is 36.6 Å². The van der Waals surface area contributed by atoms with Crippen molar-refractivity contribution in [3.05, 3.63) is 41.5 Å². The molecule has 0 atom stereocenters. The first kappa shape index (κ1) is 12.8. The van der Waals surface area contributed by atoms with Gasteiger partial charge in [-0.05, 0) is 24.6 Å². The molecule has 0 unspecified atom stereocenters. The highest BCUT2D eigenvalue weighted by atomic mass is 15.3. The maximum Gasteiger partial charge on any atom is 0.151 e. The summed E-state index contributed by atoms with van der Waals surface area (Å²) in [6.45, 7) is 4.82. The highest BCUT2D eigenvalue weighted by Crippen LogP contribution is 2.16. The lowest BCUT2D eigenvalue weighted by Gasteiger charge is -2.10. The molecule has 0 fully saturated rings. The third kappa shape index (κ3) is 2.43. The van der Waals surface area contributed by atoms with E-state index in [-0.39, 0.29) is 0 Å². The Bertz CT molecular complexity index is 516. The maximum atomic E-state index is 5.66. The van der Waals surface area contributed by atoms with E-state index >= 15 is 0 Å². The van der Waals surface area contributed by atoms with Crippen LogP contribution in [0.2, 0.25) is 0 Å². The molecule has 0 saturated heterocycles. The van der Waals surface area contributed by atoms with Gasteiger partial charge in [-0.3, -0.25) is 0 Å². The van der Waals surface area contributed by atoms with Crippen molar-refractivity contribution >= 4 is 0 Å². The highest BCUT2D eigenvalue weighted by Gasteiger charge is 2.11. The zero-order valence-corrected chi connectivity index (χ0v) is 11.1. The van der Waals surface area contributed by atoms with Gasteiger partial charge < -0.3 is 5.73 Å². The minimum Gasteiger partial charge on any atom is -0.330 e. The molecule has 0 spiro atoms. The second-order valence-corrected chi connectivity index (χ2v) is 4.23. The monoisotopic (exact) mass is 244 g/mol. The van der Waals surface area contributed by atoms with Crippen molar-refractivity contribution in [2.75, 3.05) is 6.54 Å². The SMILES string of the molecule is CCc1nc(CC)n(-c2ccccc2CCN)n1. The highest BCUT2D eigenvalue weighted by molar-refractivity contribution is 5.41. The predicted octanol–water partition coefficient (Wildman–Crippen LogP) is 1.89. The van der Waals surface area contributed by atoms with E-state index in [0.29, 0.717) is 6.54 Å². The van der Waals surface area contributed by atoms with Crippen molar-refractivity contribution in [1.29, 1.82) is 0 Å². The number of aromatic nitrogens is 3. The second-order valence-electron chi connectivity index (χ2n) is 4.23. The summed E-state index contributed by atoms with van der Waals surface area (Å²) in [6.07, 6.45) is 2.60. The molecule has 1 heterocycles. The number of benzene rings is 1. The molecule has 4 heteroatoms. The fourth-order valence-corrected chi connectivity index (χ4v) is 2.05. The molecule has 1 aromatic heterocycles. The number of nitrogens with two attached hydrogens (primary N) is 1. The predicted molar refractivity (Wildman–Crippen MR) is 72.9 cm³/mol. The molecule has 0 saturated carbocycles. The van der Waals surface area contributed by atoms with Gasteiger partial charge in [0.2, 0.25) is 0 Å². The van der Waals surface area contributed by atoms with Gasteiger partial charge >= 0.3 is 0 Å². The van der Waals surface area contributed by atoms with Gasteiger partial charge in [0.15, 0.2) is 5.82 Å². The van der Waals surface area contributed by atoms with Crippen molar-refractivity contribution < 1.29 is 0 Å². The number of para-hydroxylation sites is 1. The van der Waals surface area contributed by atoms with Crippen molar-refractivity contribution in [2.24, 2.45) is 5.73 Å². The van der Waals surface area contributed by atoms with Crippen molar-refractivity contribution in [3.63, 3.8) is 0 Å². The minimum absolute atomic E-state index is 0.647. The van der Waals surface area contributed by atoms with Crippen molar-refractivity contribution in [3.8, 4) is 5.69 Å². The summed E-state index contributed by atoms with van der Waals surface area (Å²) in [6, 6.07) is 8.26. The van der Waals surface area contributed by atoms with Crippen LogP contribution in [0.15, 0.2) is 24.3 Å². The normalized spacial score (nSPS) is 10.8. The molecule has 4 nitrogen and oxygen atoms in total. The Hall–Kier alpha value is -1.68. The number of nitrogens with zero attached hydrogens (tertiary/aromatic N) is 3. The molecule has 2 aromatic rings. The van der Waals surface area contributed by atoms with E-state index in [9.17, 15) is 0 Å². The zero-order chi connectivity index (χ0) is 13.0. The molecule has 2 rings (SSSR count). The smallest absolute Gasteiger partial charge is 0.151 e. The number of rotatable bonds is 5. The van der Waals surface area contributed by atoms with Gasteiger partial charge in [0, 0.05) is 12.8 Å². The van der Waals surface area contributed by atoms with Crippen molar-refractivity contribution in [1.82, 2.24) is 14.8 Å². The van der Waals surface area contributed by atoms with Gasteiger partial charge in [0.25, 0.3) is 0 Å². The third-order valence-corrected chi connectivity index (χ3v) is 2.98. The van der Waals surface area contributed by atoms with Crippen LogP contribution in [-0.4, -0.2) is 21.3 Å². The van der Waals surface area contributed by atoms with Crippen LogP contribution in [0.3, 0.4) is 0 Å². The molecule has 0 aliphatic carbocycles. The molecule has 18 heavy (non-hydrogen) atoms. The summed E-state index contributed by atoms with van der Waals surface area (Å²) < 4.78 is 1.96. The van der Waals surface area contributed by atoms with E-state index in [1.54, 1.807) is 0 Å². The van der Waals surface area contributed by atoms with Crippen molar-refractivity contribution in [2.45, 2.75) is 33.1 Å². The van der Waals surface area contributed by atoms with E-state index < -0.39 is 0 Å².